The van der Waals surface area contributed by atoms with E-state index in [0.29, 0.717) is 0 Å². The maximum atomic E-state index is 4.14. The molecule has 0 radical (unpaired) electrons. The maximum Gasteiger partial charge on any atom is 0.195 e. The predicted octanol–water partition coefficient (Wildman–Crippen LogP) is 2.60. The molecule has 0 saturated carbocycles. The first kappa shape index (κ1) is 8.73. The van der Waals surface area contributed by atoms with E-state index in [2.05, 4.69) is 32.8 Å². The van der Waals surface area contributed by atoms with Crippen LogP contribution in [0.1, 0.15) is 0 Å². The topological polar surface area (TPSA) is 30.2 Å². The van der Waals surface area contributed by atoms with E-state index in [0.717, 1.165) is 16.3 Å². The number of nitrogens with zero attached hydrogens (tertiary/aromatic N) is 3. The van der Waals surface area contributed by atoms with E-state index in [1.54, 1.807) is 11.8 Å². The molecule has 0 bridgehead atoms. The highest BCUT2D eigenvalue weighted by atomic mass is 32.2. The van der Waals surface area contributed by atoms with Crippen LogP contribution in [-0.2, 0) is 0 Å². The van der Waals surface area contributed by atoms with Gasteiger partial charge in [0.15, 0.2) is 10.8 Å². The molecule has 15 heavy (non-hydrogen) atoms. The number of fused-ring (bicyclic) bond motifs is 3. The summed E-state index contributed by atoms with van der Waals surface area (Å²) in [5.41, 5.74) is 2.06. The van der Waals surface area contributed by atoms with Gasteiger partial charge in [-0.15, -0.1) is 10.2 Å². The number of thioether (sulfide) groups is 1. The molecule has 74 valence electrons. The van der Waals surface area contributed by atoms with E-state index < -0.39 is 0 Å². The van der Waals surface area contributed by atoms with Crippen molar-refractivity contribution in [3.05, 3.63) is 36.4 Å². The van der Waals surface area contributed by atoms with E-state index >= 15 is 0 Å². The van der Waals surface area contributed by atoms with Crippen molar-refractivity contribution in [1.82, 2.24) is 14.6 Å². The van der Waals surface area contributed by atoms with Crippen LogP contribution in [0.5, 0.6) is 0 Å². The highest BCUT2D eigenvalue weighted by molar-refractivity contribution is 7.98. The standard InChI is InChI=1S/C11H9N3S/c1-15-11-13-12-10-7-6-8-4-2-3-5-9(8)14(10)11/h2-7H,1H3. The first-order chi connectivity index (χ1) is 7.40. The van der Waals surface area contributed by atoms with Gasteiger partial charge >= 0.3 is 0 Å². The minimum Gasteiger partial charge on any atom is -0.270 e. The Morgan fingerprint density at radius 3 is 2.80 bits per heavy atom. The van der Waals surface area contributed by atoms with Crippen molar-refractivity contribution in [2.45, 2.75) is 5.16 Å². The van der Waals surface area contributed by atoms with Crippen LogP contribution < -0.4 is 0 Å². The second kappa shape index (κ2) is 3.24. The molecule has 3 nitrogen and oxygen atoms in total. The van der Waals surface area contributed by atoms with Gasteiger partial charge in [-0.1, -0.05) is 30.0 Å². The number of rotatable bonds is 1. The van der Waals surface area contributed by atoms with Gasteiger partial charge in [0.05, 0.1) is 5.52 Å². The van der Waals surface area contributed by atoms with Crippen molar-refractivity contribution in [1.29, 1.82) is 0 Å². The highest BCUT2D eigenvalue weighted by Gasteiger charge is 2.06. The Balaban J connectivity index is 2.56. The third-order valence-corrected chi connectivity index (χ3v) is 3.06. The molecule has 0 fully saturated rings. The fraction of sp³-hybridized carbons (Fsp3) is 0.0909. The Hall–Kier alpha value is -1.55. The fourth-order valence-electron chi connectivity index (χ4n) is 1.74. The van der Waals surface area contributed by atoms with Crippen LogP contribution >= 0.6 is 11.8 Å². The molecule has 0 aliphatic heterocycles. The van der Waals surface area contributed by atoms with Gasteiger partial charge in [0, 0.05) is 0 Å². The Morgan fingerprint density at radius 1 is 1.07 bits per heavy atom. The Morgan fingerprint density at radius 2 is 1.93 bits per heavy atom. The molecular formula is C11H9N3S. The normalized spacial score (nSPS) is 11.3. The summed E-state index contributed by atoms with van der Waals surface area (Å²) in [4.78, 5) is 0. The van der Waals surface area contributed by atoms with Gasteiger partial charge in [0.1, 0.15) is 0 Å². The van der Waals surface area contributed by atoms with Crippen molar-refractivity contribution in [2.75, 3.05) is 6.26 Å². The number of para-hydroxylation sites is 1. The molecule has 3 rings (SSSR count). The quantitative estimate of drug-likeness (QED) is 0.584. The molecule has 2 aromatic heterocycles. The van der Waals surface area contributed by atoms with Crippen molar-refractivity contribution >= 4 is 28.3 Å². The van der Waals surface area contributed by atoms with Gasteiger partial charge < -0.3 is 0 Å². The molecule has 2 heterocycles. The predicted molar refractivity (Wildman–Crippen MR) is 62.3 cm³/mol. The van der Waals surface area contributed by atoms with Crippen LogP contribution in [0.25, 0.3) is 16.6 Å². The minimum atomic E-state index is 0.901. The van der Waals surface area contributed by atoms with E-state index in [4.69, 9.17) is 0 Å². The summed E-state index contributed by atoms with van der Waals surface area (Å²) in [5.74, 6) is 0. The Bertz CT molecular complexity index is 630. The molecule has 0 saturated heterocycles. The van der Waals surface area contributed by atoms with Gasteiger partial charge in [-0.3, -0.25) is 4.40 Å². The van der Waals surface area contributed by atoms with Crippen LogP contribution in [0.15, 0.2) is 41.6 Å². The van der Waals surface area contributed by atoms with Crippen molar-refractivity contribution in [3.63, 3.8) is 0 Å². The average Bonchev–Trinajstić information content (AvgIpc) is 2.72. The van der Waals surface area contributed by atoms with Crippen LogP contribution in [0.2, 0.25) is 0 Å². The summed E-state index contributed by atoms with van der Waals surface area (Å²) >= 11 is 1.61. The minimum absolute atomic E-state index is 0.901. The first-order valence-electron chi connectivity index (χ1n) is 4.67. The van der Waals surface area contributed by atoms with Gasteiger partial charge in [0.2, 0.25) is 0 Å². The third-order valence-electron chi connectivity index (χ3n) is 2.43. The molecule has 1 aromatic carbocycles. The van der Waals surface area contributed by atoms with E-state index in [1.165, 1.54) is 5.39 Å². The zero-order valence-corrected chi connectivity index (χ0v) is 9.03. The largest absolute Gasteiger partial charge is 0.270 e. The van der Waals surface area contributed by atoms with Crippen LogP contribution in [-0.4, -0.2) is 20.9 Å². The monoisotopic (exact) mass is 215 g/mol. The number of hydrogen-bond acceptors (Lipinski definition) is 3. The van der Waals surface area contributed by atoms with Crippen molar-refractivity contribution in [3.8, 4) is 0 Å². The summed E-state index contributed by atoms with van der Waals surface area (Å²) in [6.45, 7) is 0. The second-order valence-corrected chi connectivity index (χ2v) is 4.05. The lowest BCUT2D eigenvalue weighted by atomic mass is 10.2. The van der Waals surface area contributed by atoms with Crippen molar-refractivity contribution < 1.29 is 0 Å². The lowest BCUT2D eigenvalue weighted by molar-refractivity contribution is 0.943. The molecule has 3 aromatic rings. The second-order valence-electron chi connectivity index (χ2n) is 3.27. The first-order valence-corrected chi connectivity index (χ1v) is 5.89. The van der Waals surface area contributed by atoms with Gasteiger partial charge in [0.25, 0.3) is 0 Å². The van der Waals surface area contributed by atoms with E-state index in [-0.39, 0.29) is 0 Å². The zero-order valence-electron chi connectivity index (χ0n) is 8.21. The fourth-order valence-corrected chi connectivity index (χ4v) is 2.24. The molecule has 0 aliphatic carbocycles. The summed E-state index contributed by atoms with van der Waals surface area (Å²) in [6, 6.07) is 12.3. The number of aromatic nitrogens is 3. The molecule has 0 aliphatic rings. The third kappa shape index (κ3) is 1.22. The summed E-state index contributed by atoms with van der Waals surface area (Å²) in [5, 5.41) is 10.4. The number of benzene rings is 1. The van der Waals surface area contributed by atoms with Crippen LogP contribution in [0, 0.1) is 0 Å². The SMILES string of the molecule is CSc1nnc2ccc3ccccc3n12. The van der Waals surface area contributed by atoms with Gasteiger partial charge in [-0.2, -0.15) is 0 Å². The molecule has 0 N–H and O–H groups in total. The maximum absolute atomic E-state index is 4.14. The molecule has 0 amide bonds. The molecule has 0 unspecified atom stereocenters. The van der Waals surface area contributed by atoms with Crippen LogP contribution in [0.3, 0.4) is 0 Å². The van der Waals surface area contributed by atoms with Crippen molar-refractivity contribution in [2.24, 2.45) is 0 Å². The van der Waals surface area contributed by atoms with E-state index in [9.17, 15) is 0 Å². The molecule has 0 atom stereocenters. The number of pyridine rings is 1. The lowest BCUT2D eigenvalue weighted by Gasteiger charge is -2.02. The Labute approximate surface area is 91.1 Å². The lowest BCUT2D eigenvalue weighted by Crippen LogP contribution is -1.89. The van der Waals surface area contributed by atoms with E-state index in [1.807, 2.05) is 24.5 Å². The summed E-state index contributed by atoms with van der Waals surface area (Å²) < 4.78 is 2.08. The van der Waals surface area contributed by atoms with Crippen LogP contribution in [0.4, 0.5) is 0 Å². The van der Waals surface area contributed by atoms with Gasteiger partial charge in [-0.25, -0.2) is 0 Å². The average molecular weight is 215 g/mol. The van der Waals surface area contributed by atoms with Gasteiger partial charge in [-0.05, 0) is 29.8 Å². The zero-order chi connectivity index (χ0) is 10.3. The highest BCUT2D eigenvalue weighted by Crippen LogP contribution is 2.21. The smallest absolute Gasteiger partial charge is 0.195 e. The molecular weight excluding hydrogens is 206 g/mol. The molecule has 4 heteroatoms. The summed E-state index contributed by atoms with van der Waals surface area (Å²) in [7, 11) is 0. The number of hydrogen-bond donors (Lipinski definition) is 0. The molecule has 0 spiro atoms. The Kier molecular flexibility index (Phi) is 1.89. The summed E-state index contributed by atoms with van der Waals surface area (Å²) in [6.07, 6.45) is 2.01.